The monoisotopic (exact) mass is 938 g/mol. The zero-order chi connectivity index (χ0) is 46.5. The Morgan fingerprint density at radius 1 is 0.806 bits per heavy atom. The van der Waals surface area contributed by atoms with Gasteiger partial charge in [0.2, 0.25) is 5.91 Å². The Morgan fingerprint density at radius 2 is 1.37 bits per heavy atom. The smallest absolute Gasteiger partial charge is 0.351 e. The van der Waals surface area contributed by atoms with E-state index < -0.39 is 46.3 Å². The van der Waals surface area contributed by atoms with Gasteiger partial charge in [-0.3, -0.25) is 9.36 Å². The second kappa shape index (κ2) is 20.4. The topological polar surface area (TPSA) is 123 Å². The molecule has 0 radical (unpaired) electrons. The third kappa shape index (κ3) is 9.65. The van der Waals surface area contributed by atoms with Crippen LogP contribution in [0, 0.1) is 5.92 Å². The lowest BCUT2D eigenvalue weighted by atomic mass is 9.80. The Hall–Kier alpha value is -5.50. The van der Waals surface area contributed by atoms with Gasteiger partial charge >= 0.3 is 5.69 Å². The van der Waals surface area contributed by atoms with E-state index in [4.69, 9.17) is 28.0 Å². The number of nitrogens with zero attached hydrogens (tertiary/aromatic N) is 3. The van der Waals surface area contributed by atoms with Gasteiger partial charge in [-0.2, -0.15) is 4.98 Å². The van der Waals surface area contributed by atoms with Crippen molar-refractivity contribution in [2.75, 3.05) is 32.7 Å². The van der Waals surface area contributed by atoms with Gasteiger partial charge < -0.3 is 33.3 Å². The maximum atomic E-state index is 13.8. The summed E-state index contributed by atoms with van der Waals surface area (Å²) in [6, 6.07) is 50.6. The van der Waals surface area contributed by atoms with Crippen molar-refractivity contribution in [1.82, 2.24) is 14.2 Å². The molecule has 1 aromatic heterocycles. The molecule has 3 fully saturated rings. The molecule has 3 aliphatic heterocycles. The van der Waals surface area contributed by atoms with Gasteiger partial charge in [-0.15, -0.1) is 0 Å². The number of carbonyl (C=O) groups excluding carboxylic acids is 1. The lowest BCUT2D eigenvalue weighted by Gasteiger charge is -2.37. The fourth-order valence-electron chi connectivity index (χ4n) is 9.78. The molecule has 3 aliphatic rings. The number of nitrogens with one attached hydrogen (secondary N) is 1. The average Bonchev–Trinajstić information content (AvgIpc) is 4.10. The van der Waals surface area contributed by atoms with Crippen molar-refractivity contribution in [1.29, 1.82) is 0 Å². The zero-order valence-electron chi connectivity index (χ0n) is 38.7. The molecular formula is C53H59N4O8PSi. The van der Waals surface area contributed by atoms with Gasteiger partial charge in [0.05, 0.1) is 33.0 Å². The van der Waals surface area contributed by atoms with Crippen molar-refractivity contribution in [3.05, 3.63) is 179 Å². The molecule has 0 bridgehead atoms. The maximum absolute atomic E-state index is 13.8. The third-order valence-electron chi connectivity index (χ3n) is 13.5. The largest absolute Gasteiger partial charge is 0.497 e. The predicted octanol–water partition coefficient (Wildman–Crippen LogP) is 8.52. The van der Waals surface area contributed by atoms with Crippen molar-refractivity contribution in [3.8, 4) is 11.5 Å². The number of hydrogen-bond donors (Lipinski definition) is 1. The lowest BCUT2D eigenvalue weighted by molar-refractivity contribution is -0.118. The Balaban J connectivity index is 1.06. The summed E-state index contributed by atoms with van der Waals surface area (Å²) < 4.78 is 43.8. The molecule has 1 N–H and O–H groups in total. The SMILES string of the molecule is COc1ccc(C(OC[C@H]2O[C@@H](n3ccc(NC(=O)C(C)C)nc3=O)C[C@@H]2O[P@@]2O[C@@H](C[Si](C)(c3ccccc3)c3ccccc3)[C@H]3CCCN32)(c2ccccc2)c2ccc(OC)cc2)cc1. The lowest BCUT2D eigenvalue weighted by Crippen LogP contribution is -2.58. The Kier molecular flexibility index (Phi) is 14.2. The highest BCUT2D eigenvalue weighted by atomic mass is 31.2. The number of amides is 1. The second-order valence-electron chi connectivity index (χ2n) is 18.0. The minimum absolute atomic E-state index is 0.0326. The molecule has 348 valence electrons. The van der Waals surface area contributed by atoms with Crippen LogP contribution in [-0.4, -0.2) is 79.9 Å². The first-order valence-electron chi connectivity index (χ1n) is 23.1. The number of fused-ring (bicyclic) bond motifs is 1. The number of hydrogen-bond acceptors (Lipinski definition) is 10. The average molecular weight is 939 g/mol. The van der Waals surface area contributed by atoms with Crippen LogP contribution in [0.1, 0.15) is 56.0 Å². The number of rotatable bonds is 17. The number of aromatic nitrogens is 2. The van der Waals surface area contributed by atoms with E-state index in [-0.39, 0.29) is 36.4 Å². The van der Waals surface area contributed by atoms with Crippen molar-refractivity contribution in [3.63, 3.8) is 0 Å². The summed E-state index contributed by atoms with van der Waals surface area (Å²) in [5, 5.41) is 5.50. The molecule has 1 amide bonds. The number of methoxy groups -OCH3 is 2. The van der Waals surface area contributed by atoms with E-state index in [2.05, 4.69) is 94.3 Å². The summed E-state index contributed by atoms with van der Waals surface area (Å²) in [4.78, 5) is 30.5. The molecule has 0 aliphatic carbocycles. The summed E-state index contributed by atoms with van der Waals surface area (Å²) in [5.41, 5.74) is 1.01. The fraction of sp³-hybridized carbons (Fsp3) is 0.340. The standard InChI is InChI=1S/C53H59N4O8PSi/c1-37(2)51(58)54-49-31-33-56(52(59)55-49)50-34-46(64-66-57-32-15-22-45(57)48(65-66)36-67(5,43-18-11-7-12-19-43)44-20-13-8-14-21-44)47(63-50)35-62-53(38-16-9-6-10-17-38,39-23-27-41(60-3)28-24-39)40-25-29-42(61-4)30-26-40/h6-14,16-21,23-31,33,37,45-48,50H,15,22,32,34-36H2,1-5H3,(H,54,55,58,59)/t45-,46+,47-,48+,50-,66+/m1/s1. The molecule has 4 heterocycles. The van der Waals surface area contributed by atoms with Crippen LogP contribution in [0.2, 0.25) is 12.6 Å². The van der Waals surface area contributed by atoms with Crippen LogP contribution >= 0.6 is 8.53 Å². The van der Waals surface area contributed by atoms with E-state index >= 15 is 0 Å². The van der Waals surface area contributed by atoms with E-state index in [0.29, 0.717) is 6.42 Å². The van der Waals surface area contributed by atoms with E-state index in [0.717, 1.165) is 53.6 Å². The molecule has 6 aromatic rings. The Morgan fingerprint density at radius 3 is 1.93 bits per heavy atom. The first kappa shape index (κ1) is 46.6. The van der Waals surface area contributed by atoms with Crippen molar-refractivity contribution >= 4 is 38.7 Å². The minimum Gasteiger partial charge on any atom is -0.497 e. The molecule has 14 heteroatoms. The van der Waals surface area contributed by atoms with Crippen LogP contribution in [0.4, 0.5) is 5.82 Å². The van der Waals surface area contributed by atoms with Gasteiger partial charge in [0.1, 0.15) is 43.3 Å². The molecule has 12 nitrogen and oxygen atoms in total. The van der Waals surface area contributed by atoms with Gasteiger partial charge in [0.15, 0.2) is 0 Å². The normalized spacial score (nSPS) is 21.9. The summed E-state index contributed by atoms with van der Waals surface area (Å²) in [6.07, 6.45) is 2.10. The first-order chi connectivity index (χ1) is 32.6. The van der Waals surface area contributed by atoms with Crippen molar-refractivity contribution in [2.24, 2.45) is 5.92 Å². The van der Waals surface area contributed by atoms with Gasteiger partial charge in [-0.05, 0) is 65.9 Å². The second-order valence-corrected chi connectivity index (χ2v) is 23.6. The molecule has 67 heavy (non-hydrogen) atoms. The number of ether oxygens (including phenoxy) is 4. The highest BCUT2D eigenvalue weighted by molar-refractivity contribution is 7.45. The van der Waals surface area contributed by atoms with Crippen LogP contribution in [-0.2, 0) is 28.9 Å². The van der Waals surface area contributed by atoms with Crippen LogP contribution in [0.15, 0.2) is 157 Å². The molecular weight excluding hydrogens is 880 g/mol. The number of carbonyl (C=O) groups is 1. The van der Waals surface area contributed by atoms with E-state index in [1.54, 1.807) is 40.3 Å². The number of benzene rings is 5. The highest BCUT2D eigenvalue weighted by Crippen LogP contribution is 2.59. The zero-order valence-corrected chi connectivity index (χ0v) is 40.6. The maximum Gasteiger partial charge on any atom is 0.351 e. The predicted molar refractivity (Wildman–Crippen MR) is 264 cm³/mol. The molecule has 0 unspecified atom stereocenters. The van der Waals surface area contributed by atoms with Crippen LogP contribution in [0.3, 0.4) is 0 Å². The molecule has 5 aromatic carbocycles. The molecule has 3 saturated heterocycles. The highest BCUT2D eigenvalue weighted by Gasteiger charge is 2.52. The van der Waals surface area contributed by atoms with Crippen molar-refractivity contribution < 1.29 is 32.8 Å². The molecule has 9 rings (SSSR count). The van der Waals surface area contributed by atoms with Gasteiger partial charge in [0, 0.05) is 31.1 Å². The summed E-state index contributed by atoms with van der Waals surface area (Å²) in [5.74, 6) is 1.13. The quantitative estimate of drug-likeness (QED) is 0.0541. The summed E-state index contributed by atoms with van der Waals surface area (Å²) >= 11 is 0. The first-order valence-corrected chi connectivity index (χ1v) is 27.0. The van der Waals surface area contributed by atoms with Gasteiger partial charge in [-0.1, -0.05) is 146 Å². The van der Waals surface area contributed by atoms with Crippen LogP contribution in [0.5, 0.6) is 11.5 Å². The molecule has 0 spiro atoms. The van der Waals surface area contributed by atoms with Crippen LogP contribution < -0.4 is 30.9 Å². The molecule has 6 atom stereocenters. The minimum atomic E-state index is -2.27. The Labute approximate surface area is 395 Å². The summed E-state index contributed by atoms with van der Waals surface area (Å²) in [7, 11) is -0.475. The van der Waals surface area contributed by atoms with Crippen molar-refractivity contribution in [2.45, 2.75) is 81.9 Å². The third-order valence-corrected chi connectivity index (χ3v) is 19.8. The van der Waals surface area contributed by atoms with E-state index in [1.165, 1.54) is 14.9 Å². The number of anilines is 1. The van der Waals surface area contributed by atoms with Crippen LogP contribution in [0.25, 0.3) is 0 Å². The van der Waals surface area contributed by atoms with E-state index in [1.807, 2.05) is 66.7 Å². The van der Waals surface area contributed by atoms with E-state index in [9.17, 15) is 9.59 Å². The Bertz CT molecular complexity index is 2560. The summed E-state index contributed by atoms with van der Waals surface area (Å²) in [6.45, 7) is 6.99. The van der Waals surface area contributed by atoms with Gasteiger partial charge in [-0.25, -0.2) is 9.46 Å². The van der Waals surface area contributed by atoms with Gasteiger partial charge in [0.25, 0.3) is 8.53 Å². The fourth-order valence-corrected chi connectivity index (χ4v) is 15.7. The molecule has 0 saturated carbocycles.